The van der Waals surface area contributed by atoms with Crippen LogP contribution in [-0.2, 0) is 4.74 Å². The highest BCUT2D eigenvalue weighted by Gasteiger charge is 2.71. The average molecular weight is 608 g/mol. The van der Waals surface area contributed by atoms with Crippen LogP contribution in [0.15, 0.2) is 18.2 Å². The molecule has 2 fully saturated rings. The fourth-order valence-corrected chi connectivity index (χ4v) is 6.38. The number of rotatable bonds is 6. The predicted molar refractivity (Wildman–Crippen MR) is 147 cm³/mol. The number of nitriles is 1. The molecule has 0 unspecified atom stereocenters. The lowest BCUT2D eigenvalue weighted by molar-refractivity contribution is 0.0126. The van der Waals surface area contributed by atoms with Gasteiger partial charge in [0.15, 0.2) is 5.82 Å². The monoisotopic (exact) mass is 607 g/mol. The van der Waals surface area contributed by atoms with Crippen LogP contribution in [-0.4, -0.2) is 60.5 Å². The molecule has 8 nitrogen and oxygen atoms in total. The fraction of sp³-hybridized carbons (Fsp3) is 0.370. The lowest BCUT2D eigenvalue weighted by atomic mass is 9.97. The minimum absolute atomic E-state index is 0.00769. The normalized spacial score (nSPS) is 20.3. The maximum absolute atomic E-state index is 16.5. The van der Waals surface area contributed by atoms with Crippen LogP contribution in [0.2, 0.25) is 5.02 Å². The first-order valence-electron chi connectivity index (χ1n) is 12.7. The Kier molecular flexibility index (Phi) is 6.85. The molecular formula is C27H22ClF4N5O3S. The molecule has 3 heterocycles. The summed E-state index contributed by atoms with van der Waals surface area (Å²) in [5.41, 5.74) is 3.97. The van der Waals surface area contributed by atoms with Crippen molar-refractivity contribution in [1.29, 1.82) is 5.26 Å². The standard InChI is InChI=1S/C27H22ClF4N5O3S/c28-16-8-14-21(20(30)19(16)13-2-3-17(29)22-18(13)15(9-33)23(34)41-22)35-25(40-12-26(11-38)10-27(26,31)32)36-24(14)37-4-1-6-39-7-5-37/h2-3,8,38H,1,4-7,10-12,34H2/t26-/m1/s1. The smallest absolute Gasteiger partial charge is 0.319 e. The third-order valence-electron chi connectivity index (χ3n) is 7.55. The van der Waals surface area contributed by atoms with Gasteiger partial charge in [-0.2, -0.15) is 15.2 Å². The molecule has 2 aliphatic rings. The molecular weight excluding hydrogens is 586 g/mol. The van der Waals surface area contributed by atoms with Crippen LogP contribution >= 0.6 is 22.9 Å². The van der Waals surface area contributed by atoms with Crippen LogP contribution in [0.25, 0.3) is 32.1 Å². The van der Waals surface area contributed by atoms with Crippen molar-refractivity contribution in [2.45, 2.75) is 18.8 Å². The molecule has 214 valence electrons. The van der Waals surface area contributed by atoms with Gasteiger partial charge in [0.25, 0.3) is 5.92 Å². The van der Waals surface area contributed by atoms with Gasteiger partial charge in [0.05, 0.1) is 33.9 Å². The summed E-state index contributed by atoms with van der Waals surface area (Å²) in [6.07, 6.45) is 0.0972. The Labute approximate surface area is 239 Å². The van der Waals surface area contributed by atoms with Crippen molar-refractivity contribution in [3.63, 3.8) is 0 Å². The van der Waals surface area contributed by atoms with Crippen LogP contribution in [0.1, 0.15) is 18.4 Å². The second-order valence-corrected chi connectivity index (χ2v) is 11.5. The van der Waals surface area contributed by atoms with E-state index in [0.29, 0.717) is 32.7 Å². The lowest BCUT2D eigenvalue weighted by Crippen LogP contribution is -2.28. The zero-order chi connectivity index (χ0) is 29.1. The first kappa shape index (κ1) is 27.7. The maximum Gasteiger partial charge on any atom is 0.319 e. The van der Waals surface area contributed by atoms with Crippen molar-refractivity contribution in [1.82, 2.24) is 9.97 Å². The summed E-state index contributed by atoms with van der Waals surface area (Å²) in [6.45, 7) is 0.420. The molecule has 0 spiro atoms. The Bertz CT molecular complexity index is 1740. The summed E-state index contributed by atoms with van der Waals surface area (Å²) >= 11 is 7.53. The number of anilines is 2. The van der Waals surface area contributed by atoms with Crippen LogP contribution < -0.4 is 15.4 Å². The molecule has 0 radical (unpaired) electrons. The number of hydrogen-bond donors (Lipinski definition) is 2. The molecule has 1 aliphatic carbocycles. The molecule has 6 rings (SSSR count). The molecule has 0 amide bonds. The van der Waals surface area contributed by atoms with Gasteiger partial charge < -0.3 is 25.2 Å². The minimum Gasteiger partial charge on any atom is -0.462 e. The van der Waals surface area contributed by atoms with E-state index in [1.807, 2.05) is 11.0 Å². The third-order valence-corrected chi connectivity index (χ3v) is 8.88. The summed E-state index contributed by atoms with van der Waals surface area (Å²) in [6, 6.07) is 5.52. The summed E-state index contributed by atoms with van der Waals surface area (Å²) in [7, 11) is 0. The van der Waals surface area contributed by atoms with Gasteiger partial charge in [-0.25, -0.2) is 17.6 Å². The van der Waals surface area contributed by atoms with E-state index in [-0.39, 0.29) is 59.5 Å². The Hall–Kier alpha value is -3.44. The highest BCUT2D eigenvalue weighted by Crippen LogP contribution is 2.60. The zero-order valence-corrected chi connectivity index (χ0v) is 22.9. The quantitative estimate of drug-likeness (QED) is 0.275. The van der Waals surface area contributed by atoms with Gasteiger partial charge >= 0.3 is 6.01 Å². The Morgan fingerprint density at radius 3 is 2.73 bits per heavy atom. The second-order valence-electron chi connectivity index (χ2n) is 10.1. The molecule has 41 heavy (non-hydrogen) atoms. The molecule has 4 aromatic rings. The van der Waals surface area contributed by atoms with Crippen molar-refractivity contribution in [2.75, 3.05) is 50.2 Å². The summed E-state index contributed by atoms with van der Waals surface area (Å²) < 4.78 is 70.3. The highest BCUT2D eigenvalue weighted by atomic mass is 35.5. The summed E-state index contributed by atoms with van der Waals surface area (Å²) in [5, 5.41) is 19.7. The Balaban J connectivity index is 1.55. The van der Waals surface area contributed by atoms with Gasteiger partial charge in [0.1, 0.15) is 34.8 Å². The SMILES string of the molecule is N#Cc1c(N)sc2c(F)ccc(-c3c(Cl)cc4c(N5CCCOCC5)nc(OC[C@]5(CO)CC5(F)F)nc4c3F)c12. The number of nitrogens with zero attached hydrogens (tertiary/aromatic N) is 4. The zero-order valence-electron chi connectivity index (χ0n) is 21.3. The first-order valence-corrected chi connectivity index (χ1v) is 13.8. The predicted octanol–water partition coefficient (Wildman–Crippen LogP) is 5.52. The number of ether oxygens (including phenoxy) is 2. The highest BCUT2D eigenvalue weighted by molar-refractivity contribution is 7.23. The number of nitrogens with two attached hydrogens (primary N) is 1. The van der Waals surface area contributed by atoms with E-state index in [1.54, 1.807) is 0 Å². The Morgan fingerprint density at radius 2 is 2.02 bits per heavy atom. The van der Waals surface area contributed by atoms with Gasteiger partial charge in [0.2, 0.25) is 0 Å². The van der Waals surface area contributed by atoms with Gasteiger partial charge in [-0.15, -0.1) is 11.3 Å². The van der Waals surface area contributed by atoms with Gasteiger partial charge in [-0.3, -0.25) is 0 Å². The van der Waals surface area contributed by atoms with Gasteiger partial charge in [-0.1, -0.05) is 17.7 Å². The molecule has 1 aliphatic heterocycles. The number of nitrogen functional groups attached to an aromatic ring is 1. The second kappa shape index (κ2) is 10.1. The van der Waals surface area contributed by atoms with E-state index in [1.165, 1.54) is 12.1 Å². The molecule has 14 heteroatoms. The number of aliphatic hydroxyl groups excluding tert-OH is 1. The van der Waals surface area contributed by atoms with Crippen LogP contribution in [0.3, 0.4) is 0 Å². The number of benzene rings is 2. The fourth-order valence-electron chi connectivity index (χ4n) is 5.14. The molecule has 2 aromatic heterocycles. The largest absolute Gasteiger partial charge is 0.462 e. The van der Waals surface area contributed by atoms with E-state index in [4.69, 9.17) is 26.8 Å². The molecule has 1 saturated heterocycles. The van der Waals surface area contributed by atoms with Crippen molar-refractivity contribution in [3.05, 3.63) is 40.4 Å². The Morgan fingerprint density at radius 1 is 1.24 bits per heavy atom. The number of thiophene rings is 1. The van der Waals surface area contributed by atoms with Crippen molar-refractivity contribution in [3.8, 4) is 23.2 Å². The molecule has 0 bridgehead atoms. The van der Waals surface area contributed by atoms with Crippen LogP contribution in [0.5, 0.6) is 6.01 Å². The molecule has 1 saturated carbocycles. The summed E-state index contributed by atoms with van der Waals surface area (Å²) in [5.74, 6) is -4.37. The lowest BCUT2D eigenvalue weighted by Gasteiger charge is -2.24. The topological polar surface area (TPSA) is 118 Å². The first-order chi connectivity index (χ1) is 19.6. The van der Waals surface area contributed by atoms with E-state index >= 15 is 4.39 Å². The van der Waals surface area contributed by atoms with E-state index < -0.39 is 42.6 Å². The van der Waals surface area contributed by atoms with Crippen molar-refractivity contribution >= 4 is 54.7 Å². The number of fused-ring (bicyclic) bond motifs is 2. The minimum atomic E-state index is -3.11. The van der Waals surface area contributed by atoms with Crippen molar-refractivity contribution < 1.29 is 32.1 Å². The molecule has 2 aromatic carbocycles. The van der Waals surface area contributed by atoms with E-state index in [9.17, 15) is 23.5 Å². The third kappa shape index (κ3) is 4.50. The van der Waals surface area contributed by atoms with Gasteiger partial charge in [0, 0.05) is 42.5 Å². The summed E-state index contributed by atoms with van der Waals surface area (Å²) in [4.78, 5) is 10.5. The molecule has 1 atom stereocenters. The van der Waals surface area contributed by atoms with Gasteiger partial charge in [-0.05, 0) is 24.1 Å². The van der Waals surface area contributed by atoms with Crippen LogP contribution in [0, 0.1) is 28.4 Å². The van der Waals surface area contributed by atoms with Crippen LogP contribution in [0.4, 0.5) is 28.4 Å². The number of aromatic nitrogens is 2. The number of alkyl halides is 2. The molecule has 3 N–H and O–H groups in total. The number of halogens is 5. The number of hydrogen-bond acceptors (Lipinski definition) is 9. The number of aliphatic hydroxyl groups is 1. The van der Waals surface area contributed by atoms with E-state index in [2.05, 4.69) is 9.97 Å². The van der Waals surface area contributed by atoms with Crippen molar-refractivity contribution in [2.24, 2.45) is 5.41 Å². The van der Waals surface area contributed by atoms with E-state index in [0.717, 1.165) is 17.4 Å². The average Bonchev–Trinajstić information content (AvgIpc) is 3.48. The maximum atomic E-state index is 16.5.